The second kappa shape index (κ2) is 5.35. The van der Waals surface area contributed by atoms with Gasteiger partial charge < -0.3 is 14.8 Å². The monoisotopic (exact) mass is 274 g/mol. The first kappa shape index (κ1) is 14.1. The number of halogens is 1. The van der Waals surface area contributed by atoms with Crippen molar-refractivity contribution in [2.45, 2.75) is 19.4 Å². The molecule has 1 aromatic heterocycles. The van der Waals surface area contributed by atoms with Crippen LogP contribution in [0.2, 0.25) is 0 Å². The van der Waals surface area contributed by atoms with Gasteiger partial charge in [-0.15, -0.1) is 0 Å². The Kier molecular flexibility index (Phi) is 3.77. The zero-order valence-electron chi connectivity index (χ0n) is 11.3. The molecule has 2 aromatic rings. The first-order chi connectivity index (χ1) is 9.42. The molecule has 1 aromatic carbocycles. The Morgan fingerprint density at radius 1 is 1.40 bits per heavy atom. The fourth-order valence-corrected chi connectivity index (χ4v) is 1.84. The van der Waals surface area contributed by atoms with Crippen molar-refractivity contribution in [2.75, 3.05) is 11.9 Å². The Morgan fingerprint density at radius 3 is 2.75 bits per heavy atom. The highest BCUT2D eigenvalue weighted by atomic mass is 19.1. The normalized spacial score (nSPS) is 13.6. The quantitative estimate of drug-likeness (QED) is 0.899. The average molecular weight is 274 g/mol. The molecule has 5 heteroatoms. The van der Waals surface area contributed by atoms with E-state index in [4.69, 9.17) is 9.68 Å². The molecule has 1 unspecified atom stereocenters. The Labute approximate surface area is 116 Å². The fraction of sp³-hybridized carbons (Fsp3) is 0.267. The van der Waals surface area contributed by atoms with E-state index in [0.717, 1.165) is 6.07 Å². The smallest absolute Gasteiger partial charge is 0.137 e. The molecule has 0 aliphatic rings. The largest absolute Gasteiger partial charge is 0.463 e. The lowest BCUT2D eigenvalue weighted by Gasteiger charge is -2.22. The van der Waals surface area contributed by atoms with E-state index in [1.165, 1.54) is 12.1 Å². The topological polar surface area (TPSA) is 69.2 Å². The molecule has 20 heavy (non-hydrogen) atoms. The van der Waals surface area contributed by atoms with Crippen LogP contribution in [0.4, 0.5) is 10.1 Å². The number of furan rings is 1. The molecule has 0 spiro atoms. The maximum Gasteiger partial charge on any atom is 0.137 e. The van der Waals surface area contributed by atoms with E-state index in [-0.39, 0.29) is 12.1 Å². The number of nitrogens with zero attached hydrogens (tertiary/aromatic N) is 1. The number of benzene rings is 1. The van der Waals surface area contributed by atoms with Crippen molar-refractivity contribution in [3.8, 4) is 6.07 Å². The molecule has 0 amide bonds. The van der Waals surface area contributed by atoms with Gasteiger partial charge in [-0.05, 0) is 44.2 Å². The average Bonchev–Trinajstić information content (AvgIpc) is 2.84. The van der Waals surface area contributed by atoms with Gasteiger partial charge in [-0.2, -0.15) is 5.26 Å². The summed E-state index contributed by atoms with van der Waals surface area (Å²) >= 11 is 0. The van der Waals surface area contributed by atoms with Crippen LogP contribution in [0.15, 0.2) is 34.7 Å². The van der Waals surface area contributed by atoms with Gasteiger partial charge in [0, 0.05) is 0 Å². The van der Waals surface area contributed by atoms with Gasteiger partial charge in [0.15, 0.2) is 0 Å². The van der Waals surface area contributed by atoms with Crippen LogP contribution in [0.1, 0.15) is 24.0 Å². The van der Waals surface area contributed by atoms with Gasteiger partial charge in [-0.1, -0.05) is 0 Å². The Morgan fingerprint density at radius 2 is 2.15 bits per heavy atom. The van der Waals surface area contributed by atoms with Crippen LogP contribution in [0.5, 0.6) is 0 Å². The molecule has 1 heterocycles. The summed E-state index contributed by atoms with van der Waals surface area (Å²) in [5.74, 6) is 0.670. The summed E-state index contributed by atoms with van der Waals surface area (Å²) in [6.45, 7) is 3.54. The SMILES string of the molecule is Cc1ccc(C(C)(O)CNc2ccc(F)cc2C#N)o1. The second-order valence-corrected chi connectivity index (χ2v) is 4.84. The van der Waals surface area contributed by atoms with Crippen molar-refractivity contribution in [1.82, 2.24) is 0 Å². The molecule has 0 bridgehead atoms. The molecule has 2 N–H and O–H groups in total. The number of rotatable bonds is 4. The van der Waals surface area contributed by atoms with Gasteiger partial charge in [-0.25, -0.2) is 4.39 Å². The van der Waals surface area contributed by atoms with Gasteiger partial charge in [0.2, 0.25) is 0 Å². The number of aliphatic hydroxyl groups is 1. The summed E-state index contributed by atoms with van der Waals surface area (Å²) in [4.78, 5) is 0. The predicted molar refractivity (Wildman–Crippen MR) is 72.6 cm³/mol. The summed E-state index contributed by atoms with van der Waals surface area (Å²) in [5, 5.41) is 22.3. The number of hydrogen-bond donors (Lipinski definition) is 2. The zero-order valence-corrected chi connectivity index (χ0v) is 11.3. The Balaban J connectivity index is 2.14. The van der Waals surface area contributed by atoms with Crippen LogP contribution >= 0.6 is 0 Å². The van der Waals surface area contributed by atoms with Gasteiger partial charge in [0.25, 0.3) is 0 Å². The zero-order chi connectivity index (χ0) is 14.8. The third-order valence-corrected chi connectivity index (χ3v) is 3.00. The first-order valence-electron chi connectivity index (χ1n) is 6.15. The molecule has 104 valence electrons. The predicted octanol–water partition coefficient (Wildman–Crippen LogP) is 2.92. The lowest BCUT2D eigenvalue weighted by molar-refractivity contribution is 0.0468. The highest BCUT2D eigenvalue weighted by Crippen LogP contribution is 2.24. The highest BCUT2D eigenvalue weighted by Gasteiger charge is 2.26. The van der Waals surface area contributed by atoms with Gasteiger partial charge in [-0.3, -0.25) is 0 Å². The van der Waals surface area contributed by atoms with Crippen LogP contribution in [-0.2, 0) is 5.60 Å². The molecule has 4 nitrogen and oxygen atoms in total. The molecule has 0 aliphatic carbocycles. The number of anilines is 1. The molecule has 0 fully saturated rings. The highest BCUT2D eigenvalue weighted by molar-refractivity contribution is 5.57. The lowest BCUT2D eigenvalue weighted by atomic mass is 10.0. The molecule has 0 saturated heterocycles. The summed E-state index contributed by atoms with van der Waals surface area (Å²) in [5.41, 5.74) is -0.566. The van der Waals surface area contributed by atoms with Crippen LogP contribution in [0, 0.1) is 24.1 Å². The van der Waals surface area contributed by atoms with E-state index in [1.54, 1.807) is 26.0 Å². The summed E-state index contributed by atoms with van der Waals surface area (Å²) in [7, 11) is 0. The maximum absolute atomic E-state index is 13.0. The number of hydrogen-bond acceptors (Lipinski definition) is 4. The van der Waals surface area contributed by atoms with Crippen molar-refractivity contribution in [3.05, 3.63) is 53.2 Å². The summed E-state index contributed by atoms with van der Waals surface area (Å²) in [6, 6.07) is 9.25. The Hall–Kier alpha value is -2.32. The summed E-state index contributed by atoms with van der Waals surface area (Å²) in [6.07, 6.45) is 0. The molecule has 0 aliphatic heterocycles. The molecular formula is C15H15FN2O2. The summed E-state index contributed by atoms with van der Waals surface area (Å²) < 4.78 is 18.4. The molecule has 1 atom stereocenters. The van der Waals surface area contributed by atoms with Crippen molar-refractivity contribution >= 4 is 5.69 Å². The lowest BCUT2D eigenvalue weighted by Crippen LogP contribution is -2.30. The van der Waals surface area contributed by atoms with E-state index >= 15 is 0 Å². The van der Waals surface area contributed by atoms with Crippen LogP contribution in [0.25, 0.3) is 0 Å². The van der Waals surface area contributed by atoms with Gasteiger partial charge >= 0.3 is 0 Å². The van der Waals surface area contributed by atoms with Gasteiger partial charge in [0.05, 0.1) is 17.8 Å². The van der Waals surface area contributed by atoms with Crippen LogP contribution in [-0.4, -0.2) is 11.7 Å². The van der Waals surface area contributed by atoms with Crippen LogP contribution < -0.4 is 5.32 Å². The minimum atomic E-state index is -1.23. The van der Waals surface area contributed by atoms with Crippen molar-refractivity contribution in [2.24, 2.45) is 0 Å². The molecule has 2 rings (SSSR count). The van der Waals surface area contributed by atoms with E-state index in [2.05, 4.69) is 5.32 Å². The third kappa shape index (κ3) is 2.98. The van der Waals surface area contributed by atoms with E-state index in [9.17, 15) is 9.50 Å². The fourth-order valence-electron chi connectivity index (χ4n) is 1.84. The second-order valence-electron chi connectivity index (χ2n) is 4.84. The molecular weight excluding hydrogens is 259 g/mol. The van der Waals surface area contributed by atoms with E-state index in [1.807, 2.05) is 6.07 Å². The van der Waals surface area contributed by atoms with E-state index < -0.39 is 11.4 Å². The van der Waals surface area contributed by atoms with E-state index in [0.29, 0.717) is 17.2 Å². The minimum Gasteiger partial charge on any atom is -0.463 e. The molecule has 0 saturated carbocycles. The van der Waals surface area contributed by atoms with Crippen molar-refractivity contribution in [1.29, 1.82) is 5.26 Å². The van der Waals surface area contributed by atoms with Crippen molar-refractivity contribution < 1.29 is 13.9 Å². The molecule has 0 radical (unpaired) electrons. The number of nitriles is 1. The third-order valence-electron chi connectivity index (χ3n) is 3.00. The standard InChI is InChI=1S/C15H15FN2O2/c1-10-3-6-14(20-10)15(2,19)9-18-13-5-4-12(16)7-11(13)8-17/h3-7,18-19H,9H2,1-2H3. The minimum absolute atomic E-state index is 0.139. The van der Waals surface area contributed by atoms with Crippen molar-refractivity contribution in [3.63, 3.8) is 0 Å². The Bertz CT molecular complexity index is 656. The maximum atomic E-state index is 13.0. The number of aryl methyl sites for hydroxylation is 1. The van der Waals surface area contributed by atoms with Crippen LogP contribution in [0.3, 0.4) is 0 Å². The number of nitrogens with one attached hydrogen (secondary N) is 1. The van der Waals surface area contributed by atoms with Gasteiger partial charge in [0.1, 0.15) is 29.0 Å². The first-order valence-corrected chi connectivity index (χ1v) is 6.15.